The van der Waals surface area contributed by atoms with Crippen molar-refractivity contribution in [2.24, 2.45) is 0 Å². The van der Waals surface area contributed by atoms with Gasteiger partial charge in [-0.05, 0) is 31.9 Å². The smallest absolute Gasteiger partial charge is 0.276 e. The zero-order valence-corrected chi connectivity index (χ0v) is 14.0. The maximum absolute atomic E-state index is 12.8. The van der Waals surface area contributed by atoms with Crippen molar-refractivity contribution in [3.63, 3.8) is 0 Å². The third-order valence-electron chi connectivity index (χ3n) is 4.53. The van der Waals surface area contributed by atoms with Gasteiger partial charge in [-0.25, -0.2) is 4.68 Å². The van der Waals surface area contributed by atoms with Gasteiger partial charge in [0.1, 0.15) is 0 Å². The number of benzene rings is 1. The number of amides is 1. The third kappa shape index (κ3) is 2.76. The summed E-state index contributed by atoms with van der Waals surface area (Å²) < 4.78 is 1.66. The summed E-state index contributed by atoms with van der Waals surface area (Å²) in [6.07, 6.45) is 3.69. The van der Waals surface area contributed by atoms with Crippen LogP contribution in [0.3, 0.4) is 0 Å². The molecule has 0 spiro atoms. The van der Waals surface area contributed by atoms with Crippen LogP contribution in [0.4, 0.5) is 0 Å². The van der Waals surface area contributed by atoms with Crippen LogP contribution >= 0.6 is 0 Å². The van der Waals surface area contributed by atoms with Crippen molar-refractivity contribution in [1.29, 1.82) is 0 Å². The summed E-state index contributed by atoms with van der Waals surface area (Å²) in [6, 6.07) is 9.92. The highest BCUT2D eigenvalue weighted by Crippen LogP contribution is 2.28. The summed E-state index contributed by atoms with van der Waals surface area (Å²) in [7, 11) is 0. The zero-order chi connectivity index (χ0) is 17.4. The van der Waals surface area contributed by atoms with Gasteiger partial charge in [-0.15, -0.1) is 5.10 Å². The number of aliphatic hydroxyl groups is 1. The molecule has 1 saturated carbocycles. The average molecular weight is 337 g/mol. The van der Waals surface area contributed by atoms with Crippen molar-refractivity contribution in [1.82, 2.24) is 24.9 Å². The molecule has 0 atom stereocenters. The molecule has 2 heterocycles. The minimum absolute atomic E-state index is 0.0529. The molecule has 1 amide bonds. The minimum Gasteiger partial charge on any atom is -0.395 e. The van der Waals surface area contributed by atoms with Crippen molar-refractivity contribution in [2.75, 3.05) is 13.2 Å². The lowest BCUT2D eigenvalue weighted by molar-refractivity contribution is 0.0701. The second-order valence-electron chi connectivity index (χ2n) is 6.24. The first-order chi connectivity index (χ1) is 12.2. The second-order valence-corrected chi connectivity index (χ2v) is 6.24. The Morgan fingerprint density at radius 3 is 2.88 bits per heavy atom. The number of carbonyl (C=O) groups excluding carboxylic acids is 1. The molecule has 4 rings (SSSR count). The van der Waals surface area contributed by atoms with Gasteiger partial charge in [0.2, 0.25) is 0 Å². The number of pyridine rings is 1. The highest BCUT2D eigenvalue weighted by Gasteiger charge is 2.34. The molecule has 25 heavy (non-hydrogen) atoms. The molecule has 0 aliphatic heterocycles. The molecule has 3 aromatic rings. The van der Waals surface area contributed by atoms with Crippen LogP contribution in [0.25, 0.3) is 16.6 Å². The Morgan fingerprint density at radius 2 is 2.12 bits per heavy atom. The highest BCUT2D eigenvalue weighted by atomic mass is 16.3. The van der Waals surface area contributed by atoms with Gasteiger partial charge in [-0.1, -0.05) is 23.4 Å². The molecule has 7 nitrogen and oxygen atoms in total. The number of carbonyl (C=O) groups is 1. The van der Waals surface area contributed by atoms with Gasteiger partial charge in [-0.3, -0.25) is 9.78 Å². The van der Waals surface area contributed by atoms with E-state index in [1.165, 1.54) is 0 Å². The Morgan fingerprint density at radius 1 is 1.32 bits per heavy atom. The van der Waals surface area contributed by atoms with Crippen LogP contribution in [0.5, 0.6) is 0 Å². The first-order valence-electron chi connectivity index (χ1n) is 8.39. The van der Waals surface area contributed by atoms with Gasteiger partial charge in [0.25, 0.3) is 5.91 Å². The molecule has 1 aromatic carbocycles. The molecule has 0 saturated heterocycles. The SMILES string of the molecule is Cc1c(C(=O)N(CCO)C2CC2)nnn1-c1cccc2cccnc12. The van der Waals surface area contributed by atoms with Crippen LogP contribution in [-0.4, -0.2) is 55.1 Å². The zero-order valence-electron chi connectivity index (χ0n) is 14.0. The molecule has 128 valence electrons. The molecular formula is C18H19N5O2. The Kier molecular flexibility index (Phi) is 3.93. The first kappa shape index (κ1) is 15.7. The predicted molar refractivity (Wildman–Crippen MR) is 92.5 cm³/mol. The van der Waals surface area contributed by atoms with E-state index in [2.05, 4.69) is 15.3 Å². The molecule has 0 bridgehead atoms. The minimum atomic E-state index is -0.173. The number of aliphatic hydroxyl groups excluding tert-OH is 1. The van der Waals surface area contributed by atoms with Gasteiger partial charge in [-0.2, -0.15) is 0 Å². The van der Waals surface area contributed by atoms with E-state index in [0.717, 1.165) is 29.4 Å². The average Bonchev–Trinajstić information content (AvgIpc) is 3.41. The fourth-order valence-electron chi connectivity index (χ4n) is 3.09. The van der Waals surface area contributed by atoms with Crippen LogP contribution in [0, 0.1) is 6.92 Å². The van der Waals surface area contributed by atoms with Crippen molar-refractivity contribution in [3.05, 3.63) is 47.9 Å². The number of hydrogen-bond acceptors (Lipinski definition) is 5. The van der Waals surface area contributed by atoms with E-state index in [-0.39, 0.29) is 18.6 Å². The van der Waals surface area contributed by atoms with Crippen molar-refractivity contribution in [2.45, 2.75) is 25.8 Å². The Labute approximate surface area is 144 Å². The fraction of sp³-hybridized carbons (Fsp3) is 0.333. The molecule has 1 N–H and O–H groups in total. The van der Waals surface area contributed by atoms with Crippen LogP contribution in [0.1, 0.15) is 29.0 Å². The number of hydrogen-bond donors (Lipinski definition) is 1. The second kappa shape index (κ2) is 6.25. The lowest BCUT2D eigenvalue weighted by Gasteiger charge is -2.20. The topological polar surface area (TPSA) is 84.1 Å². The van der Waals surface area contributed by atoms with Gasteiger partial charge < -0.3 is 10.0 Å². The number of aromatic nitrogens is 4. The maximum Gasteiger partial charge on any atom is 0.276 e. The van der Waals surface area contributed by atoms with E-state index in [4.69, 9.17) is 0 Å². The van der Waals surface area contributed by atoms with Gasteiger partial charge in [0.05, 0.1) is 23.5 Å². The van der Waals surface area contributed by atoms with E-state index in [0.29, 0.717) is 17.9 Å². The molecule has 1 aliphatic carbocycles. The van der Waals surface area contributed by atoms with Crippen molar-refractivity contribution >= 4 is 16.8 Å². The quantitative estimate of drug-likeness (QED) is 0.766. The number of nitrogens with zero attached hydrogens (tertiary/aromatic N) is 5. The Balaban J connectivity index is 1.75. The Bertz CT molecular complexity index is 927. The lowest BCUT2D eigenvalue weighted by Crippen LogP contribution is -2.36. The molecule has 2 aromatic heterocycles. The van der Waals surface area contributed by atoms with E-state index >= 15 is 0 Å². The fourth-order valence-corrected chi connectivity index (χ4v) is 3.09. The van der Waals surface area contributed by atoms with E-state index < -0.39 is 0 Å². The molecule has 1 aliphatic rings. The molecule has 7 heteroatoms. The summed E-state index contributed by atoms with van der Waals surface area (Å²) in [5, 5.41) is 18.6. The monoisotopic (exact) mass is 337 g/mol. The first-order valence-corrected chi connectivity index (χ1v) is 8.39. The summed E-state index contributed by atoms with van der Waals surface area (Å²) in [5.41, 5.74) is 2.61. The van der Waals surface area contributed by atoms with Crippen LogP contribution in [-0.2, 0) is 0 Å². The van der Waals surface area contributed by atoms with Crippen molar-refractivity contribution < 1.29 is 9.90 Å². The molecule has 0 radical (unpaired) electrons. The summed E-state index contributed by atoms with van der Waals surface area (Å²) in [4.78, 5) is 19.0. The summed E-state index contributed by atoms with van der Waals surface area (Å²) in [6.45, 7) is 2.10. The summed E-state index contributed by atoms with van der Waals surface area (Å²) >= 11 is 0. The molecular weight excluding hydrogens is 318 g/mol. The maximum atomic E-state index is 12.8. The lowest BCUT2D eigenvalue weighted by atomic mass is 10.2. The van der Waals surface area contributed by atoms with E-state index in [9.17, 15) is 9.90 Å². The number of fused-ring (bicyclic) bond motifs is 1. The number of para-hydroxylation sites is 1. The number of rotatable bonds is 5. The van der Waals surface area contributed by atoms with E-state index in [1.54, 1.807) is 15.8 Å². The third-order valence-corrected chi connectivity index (χ3v) is 4.53. The standard InChI is InChI=1S/C18H19N5O2/c1-12-16(18(25)22(10-11-24)14-7-8-14)20-21-23(12)15-6-2-4-13-5-3-9-19-17(13)15/h2-6,9,14,24H,7-8,10-11H2,1H3. The van der Waals surface area contributed by atoms with E-state index in [1.807, 2.05) is 37.3 Å². The van der Waals surface area contributed by atoms with Crippen LogP contribution in [0.2, 0.25) is 0 Å². The highest BCUT2D eigenvalue weighted by molar-refractivity contribution is 5.94. The molecule has 1 fully saturated rings. The van der Waals surface area contributed by atoms with Crippen LogP contribution < -0.4 is 0 Å². The normalized spacial score (nSPS) is 14.0. The Hall–Kier alpha value is -2.80. The van der Waals surface area contributed by atoms with Crippen LogP contribution in [0.15, 0.2) is 36.5 Å². The van der Waals surface area contributed by atoms with Crippen molar-refractivity contribution in [3.8, 4) is 5.69 Å². The predicted octanol–water partition coefficient (Wildman–Crippen LogP) is 1.72. The van der Waals surface area contributed by atoms with Gasteiger partial charge in [0.15, 0.2) is 5.69 Å². The van der Waals surface area contributed by atoms with Gasteiger partial charge >= 0.3 is 0 Å². The van der Waals surface area contributed by atoms with Gasteiger partial charge in [0, 0.05) is 24.2 Å². The summed E-state index contributed by atoms with van der Waals surface area (Å²) in [5.74, 6) is -0.173. The molecule has 0 unspecified atom stereocenters. The largest absolute Gasteiger partial charge is 0.395 e.